The Bertz CT molecular complexity index is 481. The van der Waals surface area contributed by atoms with Crippen LogP contribution in [0.3, 0.4) is 0 Å². The topological polar surface area (TPSA) is 64.0 Å². The lowest BCUT2D eigenvalue weighted by atomic mass is 10.2. The first-order valence-electron chi connectivity index (χ1n) is 5.93. The number of hydrogen-bond acceptors (Lipinski definition) is 4. The summed E-state index contributed by atoms with van der Waals surface area (Å²) in [7, 11) is -0.914. The van der Waals surface area contributed by atoms with Crippen molar-refractivity contribution in [3.05, 3.63) is 18.2 Å². The normalized spacial score (nSPS) is 24.9. The van der Waals surface area contributed by atoms with Gasteiger partial charge in [-0.3, -0.25) is 0 Å². The van der Waals surface area contributed by atoms with E-state index in [4.69, 9.17) is 0 Å². The van der Waals surface area contributed by atoms with Gasteiger partial charge in [-0.15, -0.1) is 0 Å². The number of sulfone groups is 1. The summed E-state index contributed by atoms with van der Waals surface area (Å²) in [5.41, 5.74) is 0. The average Bonchev–Trinajstić information content (AvgIpc) is 2.81. The Kier molecular flexibility index (Phi) is 3.53. The first-order valence-corrected chi connectivity index (χ1v) is 7.64. The number of aryl methyl sites for hydroxylation is 1. The highest BCUT2D eigenvalue weighted by atomic mass is 32.2. The van der Waals surface area contributed by atoms with Crippen molar-refractivity contribution >= 4 is 9.84 Å². The second kappa shape index (κ2) is 4.78. The Morgan fingerprint density at radius 3 is 2.94 bits per heavy atom. The molecule has 2 rings (SSSR count). The minimum absolute atomic E-state index is 0.0748. The molecule has 1 aromatic heterocycles. The van der Waals surface area contributed by atoms with Gasteiger partial charge in [-0.1, -0.05) is 0 Å². The maximum atomic E-state index is 11.7. The lowest BCUT2D eigenvalue weighted by molar-refractivity contribution is 0.511. The number of rotatable bonds is 4. The summed E-state index contributed by atoms with van der Waals surface area (Å²) >= 11 is 0. The van der Waals surface area contributed by atoms with Crippen molar-refractivity contribution in [1.82, 2.24) is 14.9 Å². The minimum atomic E-state index is -2.85. The molecule has 5 nitrogen and oxygen atoms in total. The maximum absolute atomic E-state index is 11.7. The number of imidazole rings is 1. The van der Waals surface area contributed by atoms with Crippen molar-refractivity contribution < 1.29 is 8.42 Å². The summed E-state index contributed by atoms with van der Waals surface area (Å²) in [5.74, 6) is 1.27. The lowest BCUT2D eigenvalue weighted by Crippen LogP contribution is -2.33. The molecule has 1 aliphatic heterocycles. The SMILES string of the molecule is CC(NCC1CCCS1(=O)=O)c1nccn1C. The summed E-state index contributed by atoms with van der Waals surface area (Å²) in [6.45, 7) is 2.53. The van der Waals surface area contributed by atoms with Crippen molar-refractivity contribution in [2.75, 3.05) is 12.3 Å². The van der Waals surface area contributed by atoms with Crippen LogP contribution in [0.2, 0.25) is 0 Å². The summed E-state index contributed by atoms with van der Waals surface area (Å²) < 4.78 is 25.3. The van der Waals surface area contributed by atoms with E-state index in [1.165, 1.54) is 0 Å². The second-order valence-electron chi connectivity index (χ2n) is 4.66. The van der Waals surface area contributed by atoms with Crippen molar-refractivity contribution in [1.29, 1.82) is 0 Å². The summed E-state index contributed by atoms with van der Waals surface area (Å²) in [4.78, 5) is 4.25. The Hall–Kier alpha value is -0.880. The van der Waals surface area contributed by atoms with Gasteiger partial charge >= 0.3 is 0 Å². The zero-order chi connectivity index (χ0) is 12.5. The lowest BCUT2D eigenvalue weighted by Gasteiger charge is -2.16. The third-order valence-corrected chi connectivity index (χ3v) is 5.64. The monoisotopic (exact) mass is 257 g/mol. The van der Waals surface area contributed by atoms with Gasteiger partial charge in [0.25, 0.3) is 0 Å². The molecule has 1 N–H and O–H groups in total. The predicted molar refractivity (Wildman–Crippen MR) is 66.4 cm³/mol. The second-order valence-corrected chi connectivity index (χ2v) is 7.06. The molecular formula is C11H19N3O2S. The Morgan fingerprint density at radius 1 is 1.65 bits per heavy atom. The molecule has 1 aromatic rings. The van der Waals surface area contributed by atoms with E-state index in [9.17, 15) is 8.42 Å². The van der Waals surface area contributed by atoms with Gasteiger partial charge in [-0.05, 0) is 19.8 Å². The van der Waals surface area contributed by atoms with Crippen LogP contribution in [0.1, 0.15) is 31.6 Å². The number of hydrogen-bond donors (Lipinski definition) is 1. The van der Waals surface area contributed by atoms with Crippen molar-refractivity contribution in [3.63, 3.8) is 0 Å². The van der Waals surface area contributed by atoms with Crippen LogP contribution in [0.25, 0.3) is 0 Å². The Morgan fingerprint density at radius 2 is 2.41 bits per heavy atom. The number of aromatic nitrogens is 2. The largest absolute Gasteiger partial charge is 0.337 e. The fourth-order valence-corrected chi connectivity index (χ4v) is 4.06. The van der Waals surface area contributed by atoms with Gasteiger partial charge < -0.3 is 9.88 Å². The molecule has 0 aliphatic carbocycles. The van der Waals surface area contributed by atoms with Crippen LogP contribution < -0.4 is 5.32 Å². The molecule has 96 valence electrons. The fraction of sp³-hybridized carbons (Fsp3) is 0.727. The molecule has 2 unspecified atom stereocenters. The molecule has 0 radical (unpaired) electrons. The Balaban J connectivity index is 1.93. The molecule has 1 fully saturated rings. The quantitative estimate of drug-likeness (QED) is 0.860. The molecule has 1 aliphatic rings. The van der Waals surface area contributed by atoms with Crippen LogP contribution in [0.15, 0.2) is 12.4 Å². The third-order valence-electron chi connectivity index (χ3n) is 3.36. The molecule has 0 spiro atoms. The summed E-state index contributed by atoms with van der Waals surface area (Å²) in [5, 5.41) is 3.04. The first-order chi connectivity index (χ1) is 8.00. The molecule has 2 atom stereocenters. The van der Waals surface area contributed by atoms with Crippen molar-refractivity contribution in [3.8, 4) is 0 Å². The van der Waals surface area contributed by atoms with Gasteiger partial charge in [0.1, 0.15) is 5.82 Å². The first kappa shape index (κ1) is 12.6. The fourth-order valence-electron chi connectivity index (χ4n) is 2.28. The van der Waals surface area contributed by atoms with E-state index in [-0.39, 0.29) is 11.3 Å². The summed E-state index contributed by atoms with van der Waals surface area (Å²) in [6, 6.07) is 0.0748. The highest BCUT2D eigenvalue weighted by Gasteiger charge is 2.31. The van der Waals surface area contributed by atoms with Gasteiger partial charge in [0.2, 0.25) is 0 Å². The molecule has 0 aromatic carbocycles. The molecular weight excluding hydrogens is 238 g/mol. The molecule has 17 heavy (non-hydrogen) atoms. The van der Waals surface area contributed by atoms with Crippen molar-refractivity contribution in [2.45, 2.75) is 31.1 Å². The molecule has 0 saturated carbocycles. The molecule has 2 heterocycles. The number of nitrogens with one attached hydrogen (secondary N) is 1. The third kappa shape index (κ3) is 2.69. The highest BCUT2D eigenvalue weighted by Crippen LogP contribution is 2.20. The average molecular weight is 257 g/mol. The van der Waals surface area contributed by atoms with E-state index in [0.29, 0.717) is 12.3 Å². The highest BCUT2D eigenvalue weighted by molar-refractivity contribution is 7.92. The van der Waals surface area contributed by atoms with E-state index < -0.39 is 9.84 Å². The minimum Gasteiger partial charge on any atom is -0.337 e. The van der Waals surface area contributed by atoms with Crippen LogP contribution in [-0.4, -0.2) is 35.5 Å². The zero-order valence-electron chi connectivity index (χ0n) is 10.3. The van der Waals surface area contributed by atoms with E-state index in [2.05, 4.69) is 10.3 Å². The van der Waals surface area contributed by atoms with Gasteiger partial charge in [0.15, 0.2) is 9.84 Å². The van der Waals surface area contributed by atoms with Crippen LogP contribution in [0.4, 0.5) is 0 Å². The van der Waals surface area contributed by atoms with E-state index >= 15 is 0 Å². The van der Waals surface area contributed by atoms with Crippen LogP contribution in [0.5, 0.6) is 0 Å². The van der Waals surface area contributed by atoms with Gasteiger partial charge in [-0.2, -0.15) is 0 Å². The number of nitrogens with zero attached hydrogens (tertiary/aromatic N) is 2. The summed E-state index contributed by atoms with van der Waals surface area (Å²) in [6.07, 6.45) is 5.22. The molecule has 1 saturated heterocycles. The maximum Gasteiger partial charge on any atom is 0.154 e. The molecule has 0 amide bonds. The van der Waals surface area contributed by atoms with Crippen molar-refractivity contribution in [2.24, 2.45) is 7.05 Å². The molecule has 0 bridgehead atoms. The van der Waals surface area contributed by atoms with E-state index in [1.54, 1.807) is 6.20 Å². The van der Waals surface area contributed by atoms with Gasteiger partial charge in [-0.25, -0.2) is 13.4 Å². The van der Waals surface area contributed by atoms with Crippen LogP contribution >= 0.6 is 0 Å². The Labute approximate surface area is 102 Å². The van der Waals surface area contributed by atoms with Gasteiger partial charge in [0.05, 0.1) is 17.0 Å². The smallest absolute Gasteiger partial charge is 0.154 e. The zero-order valence-corrected chi connectivity index (χ0v) is 11.1. The van der Waals surface area contributed by atoms with Crippen LogP contribution in [-0.2, 0) is 16.9 Å². The van der Waals surface area contributed by atoms with E-state index in [1.807, 2.05) is 24.7 Å². The molecule has 6 heteroatoms. The van der Waals surface area contributed by atoms with E-state index in [0.717, 1.165) is 18.7 Å². The predicted octanol–water partition coefficient (Wildman–Crippen LogP) is 0.648. The standard InChI is InChI=1S/C11H19N3O2S/c1-9(11-12-5-6-14(11)2)13-8-10-4-3-7-17(10,15)16/h5-6,9-10,13H,3-4,7-8H2,1-2H3. The van der Waals surface area contributed by atoms with Crippen LogP contribution in [0, 0.1) is 0 Å². The van der Waals surface area contributed by atoms with Gasteiger partial charge in [0, 0.05) is 26.0 Å².